The van der Waals surface area contributed by atoms with Gasteiger partial charge in [0.25, 0.3) is 0 Å². The third-order valence-electron chi connectivity index (χ3n) is 3.95. The molecule has 4 rings (SSSR count). The summed E-state index contributed by atoms with van der Waals surface area (Å²) >= 11 is 3.21. The zero-order valence-electron chi connectivity index (χ0n) is 13.0. The van der Waals surface area contributed by atoms with E-state index in [0.29, 0.717) is 28.7 Å². The number of rotatable bonds is 3. The van der Waals surface area contributed by atoms with Crippen LogP contribution >= 0.6 is 15.9 Å². The van der Waals surface area contributed by atoms with E-state index in [4.69, 9.17) is 18.3 Å². The zero-order chi connectivity index (χ0) is 17.4. The molecule has 0 spiro atoms. The van der Waals surface area contributed by atoms with E-state index in [9.17, 15) is 9.59 Å². The van der Waals surface area contributed by atoms with E-state index in [1.165, 1.54) is 0 Å². The van der Waals surface area contributed by atoms with Gasteiger partial charge in [-0.1, -0.05) is 12.1 Å². The maximum Gasteiger partial charge on any atom is 0.340 e. The minimum Gasteiger partial charge on any atom is -0.449 e. The molecule has 0 saturated carbocycles. The van der Waals surface area contributed by atoms with Gasteiger partial charge in [-0.15, -0.1) is 0 Å². The largest absolute Gasteiger partial charge is 0.449 e. The molecule has 1 aromatic carbocycles. The van der Waals surface area contributed by atoms with Crippen molar-refractivity contribution in [1.29, 1.82) is 0 Å². The van der Waals surface area contributed by atoms with E-state index in [-0.39, 0.29) is 17.3 Å². The molecule has 3 heterocycles. The third kappa shape index (κ3) is 3.01. The maximum absolute atomic E-state index is 12.8. The van der Waals surface area contributed by atoms with E-state index in [2.05, 4.69) is 15.9 Å². The number of esters is 1. The van der Waals surface area contributed by atoms with Crippen LogP contribution in [0.2, 0.25) is 0 Å². The van der Waals surface area contributed by atoms with E-state index in [0.717, 1.165) is 6.42 Å². The predicted molar refractivity (Wildman–Crippen MR) is 92.5 cm³/mol. The molecule has 7 heteroatoms. The molecule has 1 saturated heterocycles. The molecule has 25 heavy (non-hydrogen) atoms. The summed E-state index contributed by atoms with van der Waals surface area (Å²) in [5.74, 6) is -0.446. The van der Waals surface area contributed by atoms with E-state index < -0.39 is 17.5 Å². The number of fused-ring (bicyclic) bond motifs is 1. The number of carbonyl (C=O) groups excluding carboxylic acids is 1. The first-order chi connectivity index (χ1) is 12.1. The topological polar surface area (TPSA) is 78.9 Å². The van der Waals surface area contributed by atoms with Crippen molar-refractivity contribution in [3.63, 3.8) is 0 Å². The Balaban J connectivity index is 1.86. The highest BCUT2D eigenvalue weighted by Gasteiger charge is 2.29. The number of benzene rings is 1. The maximum atomic E-state index is 12.8. The molecular weight excluding hydrogens is 392 g/mol. The van der Waals surface area contributed by atoms with Gasteiger partial charge in [0.1, 0.15) is 5.58 Å². The fourth-order valence-electron chi connectivity index (χ4n) is 2.75. The van der Waals surface area contributed by atoms with Gasteiger partial charge in [0.15, 0.2) is 16.5 Å². The number of halogens is 1. The summed E-state index contributed by atoms with van der Waals surface area (Å²) in [5.41, 5.74) is -0.0531. The second-order valence-electron chi connectivity index (χ2n) is 5.61. The molecule has 0 amide bonds. The molecule has 1 aliphatic heterocycles. The van der Waals surface area contributed by atoms with Crippen LogP contribution in [0.5, 0.6) is 5.75 Å². The number of hydrogen-bond donors (Lipinski definition) is 0. The average Bonchev–Trinajstić information content (AvgIpc) is 3.29. The molecule has 3 aromatic rings. The lowest BCUT2D eigenvalue weighted by atomic mass is 10.2. The predicted octanol–water partition coefficient (Wildman–Crippen LogP) is 3.90. The summed E-state index contributed by atoms with van der Waals surface area (Å²) in [6, 6.07) is 10.0. The van der Waals surface area contributed by atoms with Crippen LogP contribution in [-0.4, -0.2) is 18.7 Å². The Morgan fingerprint density at radius 1 is 1.16 bits per heavy atom. The lowest BCUT2D eigenvalue weighted by Gasteiger charge is -2.11. The summed E-state index contributed by atoms with van der Waals surface area (Å²) in [5, 5.41) is 0.326. The zero-order valence-corrected chi connectivity index (χ0v) is 14.6. The molecule has 128 valence electrons. The minimum atomic E-state index is -0.665. The van der Waals surface area contributed by atoms with E-state index in [1.807, 2.05) is 0 Å². The summed E-state index contributed by atoms with van der Waals surface area (Å²) < 4.78 is 22.5. The van der Waals surface area contributed by atoms with Gasteiger partial charge in [-0.2, -0.15) is 0 Å². The van der Waals surface area contributed by atoms with E-state index in [1.54, 1.807) is 36.4 Å². The van der Waals surface area contributed by atoms with Gasteiger partial charge >= 0.3 is 5.97 Å². The van der Waals surface area contributed by atoms with Crippen LogP contribution in [0.3, 0.4) is 0 Å². The van der Waals surface area contributed by atoms with Crippen molar-refractivity contribution in [3.8, 4) is 17.3 Å². The molecule has 1 fully saturated rings. The van der Waals surface area contributed by atoms with Crippen LogP contribution in [0.15, 0.2) is 54.7 Å². The van der Waals surface area contributed by atoms with Crippen molar-refractivity contribution in [2.24, 2.45) is 0 Å². The summed E-state index contributed by atoms with van der Waals surface area (Å²) in [7, 11) is 0. The SMILES string of the molecule is O=C(Oc1c(-c2ccc(Br)o2)oc2ccccc2c1=O)C1CCCO1. The molecule has 0 aliphatic carbocycles. The fraction of sp³-hybridized carbons (Fsp3) is 0.222. The second kappa shape index (κ2) is 6.50. The average molecular weight is 405 g/mol. The molecule has 0 bridgehead atoms. The number of furan rings is 1. The molecular formula is C18H13BrO6. The van der Waals surface area contributed by atoms with Crippen molar-refractivity contribution < 1.29 is 23.1 Å². The Morgan fingerprint density at radius 2 is 2.00 bits per heavy atom. The van der Waals surface area contributed by atoms with Gasteiger partial charge in [0.2, 0.25) is 16.9 Å². The quantitative estimate of drug-likeness (QED) is 0.615. The summed E-state index contributed by atoms with van der Waals surface area (Å²) in [6.07, 6.45) is 0.686. The highest BCUT2D eigenvalue weighted by atomic mass is 79.9. The molecule has 1 aliphatic rings. The minimum absolute atomic E-state index is 0.0701. The van der Waals surface area contributed by atoms with Crippen molar-refractivity contribution >= 4 is 32.9 Å². The number of ether oxygens (including phenoxy) is 2. The molecule has 0 radical (unpaired) electrons. The van der Waals surface area contributed by atoms with Crippen molar-refractivity contribution in [1.82, 2.24) is 0 Å². The molecule has 6 nitrogen and oxygen atoms in total. The standard InChI is InChI=1S/C18H13BrO6/c19-14-8-7-12(23-14)16-17(25-18(21)13-6-3-9-22-13)15(20)10-4-1-2-5-11(10)24-16/h1-2,4-5,7-8,13H,3,6,9H2. The Bertz CT molecular complexity index is 996. The van der Waals surface area contributed by atoms with E-state index >= 15 is 0 Å². The Kier molecular flexibility index (Phi) is 4.19. The lowest BCUT2D eigenvalue weighted by Crippen LogP contribution is -2.27. The molecule has 1 unspecified atom stereocenters. The van der Waals surface area contributed by atoms with Crippen molar-refractivity contribution in [3.05, 3.63) is 51.3 Å². The van der Waals surface area contributed by atoms with Crippen LogP contribution in [0.4, 0.5) is 0 Å². The summed E-state index contributed by atoms with van der Waals surface area (Å²) in [6.45, 7) is 0.504. The highest BCUT2D eigenvalue weighted by molar-refractivity contribution is 9.10. The molecule has 1 atom stereocenters. The highest BCUT2D eigenvalue weighted by Crippen LogP contribution is 2.33. The van der Waals surface area contributed by atoms with Gasteiger partial charge in [0.05, 0.1) is 5.39 Å². The molecule has 0 N–H and O–H groups in total. The first-order valence-electron chi connectivity index (χ1n) is 7.78. The first-order valence-corrected chi connectivity index (χ1v) is 8.57. The number of hydrogen-bond acceptors (Lipinski definition) is 6. The lowest BCUT2D eigenvalue weighted by molar-refractivity contribution is -0.144. The van der Waals surface area contributed by atoms with Crippen molar-refractivity contribution in [2.45, 2.75) is 18.9 Å². The number of carbonyl (C=O) groups is 1. The van der Waals surface area contributed by atoms with Crippen LogP contribution < -0.4 is 10.2 Å². The van der Waals surface area contributed by atoms with Crippen LogP contribution in [0.25, 0.3) is 22.5 Å². The normalized spacial score (nSPS) is 17.1. The first kappa shape index (κ1) is 16.1. The fourth-order valence-corrected chi connectivity index (χ4v) is 3.05. The third-order valence-corrected chi connectivity index (χ3v) is 4.37. The van der Waals surface area contributed by atoms with Crippen LogP contribution in [0.1, 0.15) is 12.8 Å². The summed E-state index contributed by atoms with van der Waals surface area (Å²) in [4.78, 5) is 25.2. The molecule has 2 aromatic heterocycles. The van der Waals surface area contributed by atoms with Gasteiger partial charge < -0.3 is 18.3 Å². The van der Waals surface area contributed by atoms with Gasteiger partial charge in [-0.3, -0.25) is 4.79 Å². The van der Waals surface area contributed by atoms with Gasteiger partial charge in [0, 0.05) is 6.61 Å². The van der Waals surface area contributed by atoms with Crippen LogP contribution in [-0.2, 0) is 9.53 Å². The second-order valence-corrected chi connectivity index (χ2v) is 6.39. The van der Waals surface area contributed by atoms with Gasteiger partial charge in [-0.05, 0) is 53.0 Å². The Morgan fingerprint density at radius 3 is 2.72 bits per heavy atom. The van der Waals surface area contributed by atoms with Gasteiger partial charge in [-0.25, -0.2) is 4.79 Å². The monoisotopic (exact) mass is 404 g/mol. The Labute approximate surface area is 150 Å². The van der Waals surface area contributed by atoms with Crippen molar-refractivity contribution in [2.75, 3.05) is 6.61 Å². The number of para-hydroxylation sites is 1. The Hall–Kier alpha value is -2.38. The van der Waals surface area contributed by atoms with Crippen LogP contribution in [0, 0.1) is 0 Å². The smallest absolute Gasteiger partial charge is 0.340 e.